The molecule has 3 aromatic heterocycles. The predicted molar refractivity (Wildman–Crippen MR) is 94.1 cm³/mol. The van der Waals surface area contributed by atoms with Gasteiger partial charge in [0.15, 0.2) is 17.2 Å². The molecule has 4 heterocycles. The Morgan fingerprint density at radius 3 is 2.79 bits per heavy atom. The van der Waals surface area contributed by atoms with Crippen molar-refractivity contribution in [3.63, 3.8) is 0 Å². The van der Waals surface area contributed by atoms with Crippen molar-refractivity contribution in [2.24, 2.45) is 5.92 Å². The number of carbonyl (C=O) groups is 1. The number of hydrogen-bond donors (Lipinski definition) is 1. The van der Waals surface area contributed by atoms with E-state index in [1.165, 1.54) is 10.7 Å². The summed E-state index contributed by atoms with van der Waals surface area (Å²) in [6, 6.07) is 6.47. The van der Waals surface area contributed by atoms with Gasteiger partial charge in [0.1, 0.15) is 5.82 Å². The molecule has 0 bridgehead atoms. The van der Waals surface area contributed by atoms with Crippen LogP contribution in [0, 0.1) is 12.8 Å². The molecule has 0 aliphatic carbocycles. The fourth-order valence-corrected chi connectivity index (χ4v) is 3.24. The summed E-state index contributed by atoms with van der Waals surface area (Å²) in [7, 11) is 0. The molecule has 8 nitrogen and oxygen atoms in total. The molecule has 3 aromatic rings. The zero-order chi connectivity index (χ0) is 19.9. The molecule has 1 unspecified atom stereocenters. The molecule has 11 heteroatoms. The van der Waals surface area contributed by atoms with E-state index in [4.69, 9.17) is 0 Å². The molecular weight excluding hydrogens is 375 g/mol. The molecule has 1 aliphatic heterocycles. The normalized spacial score (nSPS) is 17.3. The third-order valence-electron chi connectivity index (χ3n) is 4.64. The fourth-order valence-electron chi connectivity index (χ4n) is 3.24. The van der Waals surface area contributed by atoms with E-state index in [1.807, 2.05) is 0 Å². The Morgan fingerprint density at radius 2 is 2.11 bits per heavy atom. The van der Waals surface area contributed by atoms with Gasteiger partial charge >= 0.3 is 6.18 Å². The number of imidazole rings is 1. The van der Waals surface area contributed by atoms with Gasteiger partial charge in [-0.1, -0.05) is 0 Å². The average Bonchev–Trinajstić information content (AvgIpc) is 3.25. The summed E-state index contributed by atoms with van der Waals surface area (Å²) in [5.41, 5.74) is 1.06. The van der Waals surface area contributed by atoms with E-state index in [9.17, 15) is 18.0 Å². The van der Waals surface area contributed by atoms with Crippen molar-refractivity contribution < 1.29 is 18.0 Å². The van der Waals surface area contributed by atoms with Crippen LogP contribution in [0.3, 0.4) is 0 Å². The molecule has 1 fully saturated rings. The minimum absolute atomic E-state index is 0.0200. The number of aryl methyl sites for hydroxylation is 1. The topological polar surface area (TPSA) is 88.3 Å². The molecule has 0 radical (unpaired) electrons. The largest absolute Gasteiger partial charge is 0.393 e. The number of fused-ring (bicyclic) bond motifs is 1. The number of carbonyl (C=O) groups excluding carboxylic acids is 1. The molecule has 0 aromatic carbocycles. The number of alkyl halides is 3. The zero-order valence-corrected chi connectivity index (χ0v) is 14.8. The second kappa shape index (κ2) is 6.73. The van der Waals surface area contributed by atoms with Gasteiger partial charge in [0, 0.05) is 19.3 Å². The highest BCUT2D eigenvalue weighted by atomic mass is 19.4. The lowest BCUT2D eigenvalue weighted by atomic mass is 10.1. The maximum absolute atomic E-state index is 13.0. The van der Waals surface area contributed by atoms with Gasteiger partial charge in [0.2, 0.25) is 0 Å². The van der Waals surface area contributed by atoms with Gasteiger partial charge in [-0.3, -0.25) is 4.79 Å². The highest BCUT2D eigenvalue weighted by Gasteiger charge is 2.44. The minimum Gasteiger partial charge on any atom is -0.355 e. The second-order valence-electron chi connectivity index (χ2n) is 6.54. The molecule has 1 atom stereocenters. The number of halogens is 3. The highest BCUT2D eigenvalue weighted by molar-refractivity contribution is 6.03. The molecule has 1 saturated heterocycles. The van der Waals surface area contributed by atoms with E-state index in [2.05, 4.69) is 25.6 Å². The van der Waals surface area contributed by atoms with E-state index in [0.717, 1.165) is 0 Å². The molecule has 146 valence electrons. The lowest BCUT2D eigenvalue weighted by Gasteiger charge is -2.18. The maximum atomic E-state index is 13.0. The van der Waals surface area contributed by atoms with E-state index in [0.29, 0.717) is 17.2 Å². The van der Waals surface area contributed by atoms with E-state index in [1.54, 1.807) is 36.1 Å². The van der Waals surface area contributed by atoms with Gasteiger partial charge in [-0.05, 0) is 37.6 Å². The number of hydrogen-bond acceptors (Lipinski definition) is 6. The Morgan fingerprint density at radius 1 is 1.29 bits per heavy atom. The predicted octanol–water partition coefficient (Wildman–Crippen LogP) is 2.47. The summed E-state index contributed by atoms with van der Waals surface area (Å²) in [5.74, 6) is -1.23. The second-order valence-corrected chi connectivity index (χ2v) is 6.54. The smallest absolute Gasteiger partial charge is 0.355 e. The Kier molecular flexibility index (Phi) is 4.36. The van der Waals surface area contributed by atoms with Crippen molar-refractivity contribution >= 4 is 23.2 Å². The van der Waals surface area contributed by atoms with Gasteiger partial charge in [0.05, 0.1) is 11.6 Å². The summed E-state index contributed by atoms with van der Waals surface area (Å²) in [4.78, 5) is 18.6. The Labute approximate surface area is 157 Å². The van der Waals surface area contributed by atoms with Crippen LogP contribution in [0.15, 0.2) is 30.5 Å². The zero-order valence-electron chi connectivity index (χ0n) is 14.8. The number of amides is 1. The number of rotatable bonds is 3. The number of nitrogens with zero attached hydrogens (tertiary/aromatic N) is 6. The van der Waals surface area contributed by atoms with Crippen LogP contribution in [0.1, 0.15) is 22.6 Å². The minimum atomic E-state index is -4.23. The van der Waals surface area contributed by atoms with E-state index < -0.39 is 18.0 Å². The number of aromatic nitrogens is 5. The number of anilines is 2. The first-order chi connectivity index (χ1) is 13.3. The summed E-state index contributed by atoms with van der Waals surface area (Å²) in [5, 5.41) is 14.5. The van der Waals surface area contributed by atoms with Crippen LogP contribution >= 0.6 is 0 Å². The van der Waals surface area contributed by atoms with Crippen LogP contribution in [0.2, 0.25) is 0 Å². The lowest BCUT2D eigenvalue weighted by Crippen LogP contribution is -2.28. The molecule has 0 spiro atoms. The van der Waals surface area contributed by atoms with Crippen LogP contribution in [-0.2, 0) is 0 Å². The first-order valence-electron chi connectivity index (χ1n) is 8.60. The quantitative estimate of drug-likeness (QED) is 0.738. The Balaban J connectivity index is 1.64. The van der Waals surface area contributed by atoms with Gasteiger partial charge in [-0.25, -0.2) is 9.50 Å². The van der Waals surface area contributed by atoms with Crippen LogP contribution in [0.4, 0.5) is 24.8 Å². The van der Waals surface area contributed by atoms with Gasteiger partial charge in [-0.15, -0.1) is 10.2 Å². The third kappa shape index (κ3) is 3.35. The van der Waals surface area contributed by atoms with Gasteiger partial charge in [0.25, 0.3) is 5.91 Å². The van der Waals surface area contributed by atoms with Crippen molar-refractivity contribution in [1.82, 2.24) is 24.8 Å². The first kappa shape index (κ1) is 18.1. The lowest BCUT2D eigenvalue weighted by molar-refractivity contribution is -0.168. The van der Waals surface area contributed by atoms with Crippen molar-refractivity contribution in [3.8, 4) is 0 Å². The summed E-state index contributed by atoms with van der Waals surface area (Å²) in [6.45, 7) is 1.75. The standard InChI is InChI=1S/C17H16F3N7O/c1-10-15(16(28)23-12-3-2-7-21-24-12)27-13(22-10)4-5-14(25-27)26-8-6-11(9-26)17(18,19)20/h2-5,7,11H,6,8-9H2,1H3,(H,23,24,28). The number of nitrogens with one attached hydrogen (secondary N) is 1. The van der Waals surface area contributed by atoms with Crippen molar-refractivity contribution in [2.75, 3.05) is 23.3 Å². The molecule has 1 amide bonds. The molecule has 28 heavy (non-hydrogen) atoms. The average molecular weight is 391 g/mol. The molecule has 4 rings (SSSR count). The maximum Gasteiger partial charge on any atom is 0.393 e. The molecule has 1 aliphatic rings. The van der Waals surface area contributed by atoms with Crippen molar-refractivity contribution in [1.29, 1.82) is 0 Å². The Bertz CT molecular complexity index is 1020. The SMILES string of the molecule is Cc1nc2ccc(N3CCC(C(F)(F)F)C3)nn2c1C(=O)Nc1cccnn1. The fraction of sp³-hybridized carbons (Fsp3) is 0.353. The summed E-state index contributed by atoms with van der Waals surface area (Å²) in [6.07, 6.45) is -2.73. The molecule has 1 N–H and O–H groups in total. The third-order valence-corrected chi connectivity index (χ3v) is 4.64. The van der Waals surface area contributed by atoms with Crippen LogP contribution in [0.5, 0.6) is 0 Å². The first-order valence-corrected chi connectivity index (χ1v) is 8.60. The van der Waals surface area contributed by atoms with E-state index in [-0.39, 0.29) is 31.0 Å². The monoisotopic (exact) mass is 391 g/mol. The van der Waals surface area contributed by atoms with Gasteiger partial charge < -0.3 is 10.2 Å². The van der Waals surface area contributed by atoms with Gasteiger partial charge in [-0.2, -0.15) is 18.3 Å². The van der Waals surface area contributed by atoms with Crippen molar-refractivity contribution in [3.05, 3.63) is 41.9 Å². The van der Waals surface area contributed by atoms with E-state index >= 15 is 0 Å². The summed E-state index contributed by atoms with van der Waals surface area (Å²) >= 11 is 0. The van der Waals surface area contributed by atoms with Crippen LogP contribution in [-0.4, -0.2) is 50.0 Å². The molecule has 0 saturated carbocycles. The van der Waals surface area contributed by atoms with Crippen molar-refractivity contribution in [2.45, 2.75) is 19.5 Å². The highest BCUT2D eigenvalue weighted by Crippen LogP contribution is 2.35. The Hall–Kier alpha value is -3.24. The molecular formula is C17H16F3N7O. The van der Waals surface area contributed by atoms with Crippen LogP contribution < -0.4 is 10.2 Å². The van der Waals surface area contributed by atoms with Crippen LogP contribution in [0.25, 0.3) is 5.65 Å². The summed E-state index contributed by atoms with van der Waals surface area (Å²) < 4.78 is 40.2.